The van der Waals surface area contributed by atoms with E-state index in [1.807, 2.05) is 18.2 Å². The number of nitrogens with one attached hydrogen (secondary N) is 1. The molecule has 1 N–H and O–H groups in total. The SMILES string of the molecule is CS(=O)(=O)NCCC(=O)N1CCc2ccccc2C1. The highest BCUT2D eigenvalue weighted by Gasteiger charge is 2.19. The third kappa shape index (κ3) is 4.04. The quantitative estimate of drug-likeness (QED) is 0.875. The van der Waals surface area contributed by atoms with Gasteiger partial charge in [-0.2, -0.15) is 0 Å². The van der Waals surface area contributed by atoms with Crippen molar-refractivity contribution in [3.63, 3.8) is 0 Å². The fraction of sp³-hybridized carbons (Fsp3) is 0.462. The van der Waals surface area contributed by atoms with E-state index in [1.54, 1.807) is 4.90 Å². The van der Waals surface area contributed by atoms with Crippen molar-refractivity contribution in [1.82, 2.24) is 9.62 Å². The zero-order valence-corrected chi connectivity index (χ0v) is 11.7. The summed E-state index contributed by atoms with van der Waals surface area (Å²) in [6.45, 7) is 1.48. The molecule has 1 aliphatic rings. The molecule has 0 bridgehead atoms. The van der Waals surface area contributed by atoms with Crippen LogP contribution in [-0.2, 0) is 27.8 Å². The van der Waals surface area contributed by atoms with Gasteiger partial charge in [-0.1, -0.05) is 24.3 Å². The molecule has 5 nitrogen and oxygen atoms in total. The minimum atomic E-state index is -3.22. The number of amides is 1. The molecule has 6 heteroatoms. The fourth-order valence-electron chi connectivity index (χ4n) is 2.21. The Bertz CT molecular complexity index is 569. The summed E-state index contributed by atoms with van der Waals surface area (Å²) in [6, 6.07) is 8.09. The van der Waals surface area contributed by atoms with E-state index in [0.717, 1.165) is 12.7 Å². The van der Waals surface area contributed by atoms with Gasteiger partial charge in [0.1, 0.15) is 0 Å². The molecule has 1 aromatic carbocycles. The first-order chi connectivity index (χ1) is 8.96. The highest BCUT2D eigenvalue weighted by Crippen LogP contribution is 2.18. The van der Waals surface area contributed by atoms with Crippen molar-refractivity contribution in [3.05, 3.63) is 35.4 Å². The molecule has 2 rings (SSSR count). The number of rotatable bonds is 4. The van der Waals surface area contributed by atoms with Crippen molar-refractivity contribution >= 4 is 15.9 Å². The van der Waals surface area contributed by atoms with Gasteiger partial charge in [-0.3, -0.25) is 4.79 Å². The Morgan fingerprint density at radius 2 is 2.00 bits per heavy atom. The second-order valence-electron chi connectivity index (χ2n) is 4.75. The van der Waals surface area contributed by atoms with Gasteiger partial charge in [-0.15, -0.1) is 0 Å². The number of benzene rings is 1. The number of carbonyl (C=O) groups excluding carboxylic acids is 1. The van der Waals surface area contributed by atoms with Crippen molar-refractivity contribution in [2.75, 3.05) is 19.3 Å². The Morgan fingerprint density at radius 3 is 2.68 bits per heavy atom. The van der Waals surface area contributed by atoms with Gasteiger partial charge < -0.3 is 4.90 Å². The summed E-state index contributed by atoms with van der Waals surface area (Å²) in [7, 11) is -3.22. The zero-order chi connectivity index (χ0) is 13.9. The van der Waals surface area contributed by atoms with E-state index in [1.165, 1.54) is 11.1 Å². The average Bonchev–Trinajstić information content (AvgIpc) is 2.36. The van der Waals surface area contributed by atoms with Crippen LogP contribution in [0.4, 0.5) is 0 Å². The lowest BCUT2D eigenvalue weighted by molar-refractivity contribution is -0.131. The summed E-state index contributed by atoms with van der Waals surface area (Å²) in [6.07, 6.45) is 2.16. The summed E-state index contributed by atoms with van der Waals surface area (Å²) in [5.41, 5.74) is 2.47. The smallest absolute Gasteiger partial charge is 0.224 e. The van der Waals surface area contributed by atoms with Crippen molar-refractivity contribution in [2.45, 2.75) is 19.4 Å². The second kappa shape index (κ2) is 5.71. The third-order valence-electron chi connectivity index (χ3n) is 3.19. The maximum absolute atomic E-state index is 12.0. The van der Waals surface area contributed by atoms with Gasteiger partial charge in [-0.25, -0.2) is 13.1 Å². The van der Waals surface area contributed by atoms with E-state index < -0.39 is 10.0 Å². The summed E-state index contributed by atoms with van der Waals surface area (Å²) in [4.78, 5) is 13.8. The molecule has 0 fully saturated rings. The Kier molecular flexibility index (Phi) is 4.21. The maximum atomic E-state index is 12.0. The van der Waals surface area contributed by atoms with Gasteiger partial charge >= 0.3 is 0 Å². The molecule has 0 spiro atoms. The molecular formula is C13H18N2O3S. The lowest BCUT2D eigenvalue weighted by Gasteiger charge is -2.29. The summed E-state index contributed by atoms with van der Waals surface area (Å²) >= 11 is 0. The maximum Gasteiger partial charge on any atom is 0.224 e. The van der Waals surface area contributed by atoms with E-state index in [4.69, 9.17) is 0 Å². The van der Waals surface area contributed by atoms with E-state index in [9.17, 15) is 13.2 Å². The molecule has 0 atom stereocenters. The van der Waals surface area contributed by atoms with Crippen LogP contribution in [0.25, 0.3) is 0 Å². The molecular weight excluding hydrogens is 264 g/mol. The predicted molar refractivity (Wildman–Crippen MR) is 73.0 cm³/mol. The third-order valence-corrected chi connectivity index (χ3v) is 3.91. The Hall–Kier alpha value is -1.40. The van der Waals surface area contributed by atoms with E-state index >= 15 is 0 Å². The van der Waals surface area contributed by atoms with E-state index in [0.29, 0.717) is 13.1 Å². The van der Waals surface area contributed by atoms with Crippen LogP contribution in [0.3, 0.4) is 0 Å². The molecule has 0 saturated carbocycles. The molecule has 19 heavy (non-hydrogen) atoms. The van der Waals surface area contributed by atoms with Gasteiger partial charge in [0.05, 0.1) is 6.26 Å². The average molecular weight is 282 g/mol. The van der Waals surface area contributed by atoms with Gasteiger partial charge in [-0.05, 0) is 17.5 Å². The van der Waals surface area contributed by atoms with Crippen LogP contribution in [0, 0.1) is 0 Å². The van der Waals surface area contributed by atoms with Crippen molar-refractivity contribution in [1.29, 1.82) is 0 Å². The van der Waals surface area contributed by atoms with Crippen molar-refractivity contribution in [2.24, 2.45) is 0 Å². The normalized spacial score (nSPS) is 15.1. The lowest BCUT2D eigenvalue weighted by Crippen LogP contribution is -2.37. The molecule has 1 heterocycles. The van der Waals surface area contributed by atoms with Crippen LogP contribution >= 0.6 is 0 Å². The Balaban J connectivity index is 1.89. The topological polar surface area (TPSA) is 66.5 Å². The summed E-state index contributed by atoms with van der Waals surface area (Å²) in [5, 5.41) is 0. The van der Waals surface area contributed by atoms with Crippen molar-refractivity contribution in [3.8, 4) is 0 Å². The summed E-state index contributed by atoms with van der Waals surface area (Å²) < 4.78 is 24.2. The number of carbonyl (C=O) groups is 1. The standard InChI is InChI=1S/C13H18N2O3S/c1-19(17,18)14-8-6-13(16)15-9-7-11-4-2-3-5-12(11)10-15/h2-5,14H,6-10H2,1H3. The van der Waals surface area contributed by atoms with Gasteiger partial charge in [0.2, 0.25) is 15.9 Å². The number of sulfonamides is 1. The first-order valence-electron chi connectivity index (χ1n) is 6.25. The molecule has 0 radical (unpaired) electrons. The van der Waals surface area contributed by atoms with Gasteiger partial charge in [0.25, 0.3) is 0 Å². The van der Waals surface area contributed by atoms with Gasteiger partial charge in [0, 0.05) is 26.1 Å². The Morgan fingerprint density at radius 1 is 1.32 bits per heavy atom. The molecule has 0 saturated heterocycles. The molecule has 0 unspecified atom stereocenters. The molecule has 104 valence electrons. The molecule has 1 aromatic rings. The number of hydrogen-bond acceptors (Lipinski definition) is 3. The minimum Gasteiger partial charge on any atom is -0.338 e. The molecule has 1 amide bonds. The zero-order valence-electron chi connectivity index (χ0n) is 10.9. The minimum absolute atomic E-state index is 0.00865. The second-order valence-corrected chi connectivity index (χ2v) is 6.58. The highest BCUT2D eigenvalue weighted by atomic mass is 32.2. The van der Waals surface area contributed by atoms with Crippen LogP contribution in [0.1, 0.15) is 17.5 Å². The predicted octanol–water partition coefficient (Wildman–Crippen LogP) is 0.511. The molecule has 1 aliphatic heterocycles. The number of hydrogen-bond donors (Lipinski definition) is 1. The molecule has 0 aromatic heterocycles. The lowest BCUT2D eigenvalue weighted by atomic mass is 10.00. The van der Waals surface area contributed by atoms with Crippen LogP contribution in [-0.4, -0.2) is 38.6 Å². The molecule has 0 aliphatic carbocycles. The first kappa shape index (κ1) is 14.0. The van der Waals surface area contributed by atoms with Crippen LogP contribution in [0.5, 0.6) is 0 Å². The Labute approximate surface area is 113 Å². The van der Waals surface area contributed by atoms with Crippen molar-refractivity contribution < 1.29 is 13.2 Å². The van der Waals surface area contributed by atoms with Crippen LogP contribution < -0.4 is 4.72 Å². The van der Waals surface area contributed by atoms with Crippen LogP contribution in [0.2, 0.25) is 0 Å². The first-order valence-corrected chi connectivity index (χ1v) is 8.14. The monoisotopic (exact) mass is 282 g/mol. The van der Waals surface area contributed by atoms with E-state index in [-0.39, 0.29) is 18.9 Å². The number of nitrogens with zero attached hydrogens (tertiary/aromatic N) is 1. The largest absolute Gasteiger partial charge is 0.338 e. The number of fused-ring (bicyclic) bond motifs is 1. The highest BCUT2D eigenvalue weighted by molar-refractivity contribution is 7.88. The van der Waals surface area contributed by atoms with E-state index in [2.05, 4.69) is 10.8 Å². The summed E-state index contributed by atoms with van der Waals surface area (Å²) in [5.74, 6) is -0.00865. The van der Waals surface area contributed by atoms with Gasteiger partial charge in [0.15, 0.2) is 0 Å². The fourth-order valence-corrected chi connectivity index (χ4v) is 2.68. The van der Waals surface area contributed by atoms with Crippen LogP contribution in [0.15, 0.2) is 24.3 Å².